The van der Waals surface area contributed by atoms with Gasteiger partial charge >= 0.3 is 5.69 Å². The van der Waals surface area contributed by atoms with Crippen LogP contribution in [0.3, 0.4) is 0 Å². The zero-order valence-electron chi connectivity index (χ0n) is 10.7. The van der Waals surface area contributed by atoms with Crippen LogP contribution in [0.25, 0.3) is 22.2 Å². The third kappa shape index (κ3) is 1.54. The third-order valence-corrected chi connectivity index (χ3v) is 3.89. The van der Waals surface area contributed by atoms with Crippen molar-refractivity contribution >= 4 is 16.8 Å². The van der Waals surface area contributed by atoms with Gasteiger partial charge in [-0.3, -0.25) is 4.79 Å². The Labute approximate surface area is 114 Å². The molecule has 0 bridgehead atoms. The number of H-pyrrole nitrogens is 2. The number of benzene rings is 2. The maximum absolute atomic E-state index is 11.7. The summed E-state index contributed by atoms with van der Waals surface area (Å²) in [5.74, 6) is 0.222. The second-order valence-corrected chi connectivity index (χ2v) is 5.10. The first kappa shape index (κ1) is 11.2. The van der Waals surface area contributed by atoms with E-state index in [-0.39, 0.29) is 11.5 Å². The van der Waals surface area contributed by atoms with Gasteiger partial charge in [0.2, 0.25) is 0 Å². The number of nitrogens with one attached hydrogen (secondary N) is 2. The number of hydrogen-bond acceptors (Lipinski definition) is 2. The molecule has 0 amide bonds. The Hall–Kier alpha value is -2.62. The van der Waals surface area contributed by atoms with Gasteiger partial charge in [-0.1, -0.05) is 30.3 Å². The van der Waals surface area contributed by atoms with Crippen molar-refractivity contribution in [2.75, 3.05) is 0 Å². The van der Waals surface area contributed by atoms with Crippen LogP contribution < -0.4 is 5.69 Å². The quantitative estimate of drug-likeness (QED) is 0.709. The number of Topliss-reactive ketones (excluding diaryl/α,β-unsaturated/α-hetero) is 1. The van der Waals surface area contributed by atoms with Gasteiger partial charge in [-0.05, 0) is 23.6 Å². The number of aryl methyl sites for hydroxylation is 1. The number of para-hydroxylation sites is 1. The molecule has 1 heterocycles. The van der Waals surface area contributed by atoms with Gasteiger partial charge in [0.15, 0.2) is 5.78 Å². The van der Waals surface area contributed by atoms with Crippen molar-refractivity contribution in [1.82, 2.24) is 9.97 Å². The van der Waals surface area contributed by atoms with Crippen LogP contribution in [0.4, 0.5) is 0 Å². The summed E-state index contributed by atoms with van der Waals surface area (Å²) in [7, 11) is 0. The summed E-state index contributed by atoms with van der Waals surface area (Å²) in [5, 5.41) is 0. The van der Waals surface area contributed by atoms with Gasteiger partial charge in [0.05, 0.1) is 11.0 Å². The fourth-order valence-electron chi connectivity index (χ4n) is 2.92. The zero-order valence-corrected chi connectivity index (χ0v) is 10.7. The molecule has 1 aliphatic carbocycles. The van der Waals surface area contributed by atoms with E-state index < -0.39 is 0 Å². The minimum Gasteiger partial charge on any atom is -0.306 e. The molecule has 0 fully saturated rings. The SMILES string of the molecule is O=C1CCc2cc(-c3cccc4[nH]c(=O)[nH]c34)ccc21. The molecule has 1 aromatic heterocycles. The van der Waals surface area contributed by atoms with E-state index in [9.17, 15) is 9.59 Å². The molecule has 4 heteroatoms. The molecule has 0 saturated heterocycles. The largest absolute Gasteiger partial charge is 0.323 e. The molecule has 0 unspecified atom stereocenters. The van der Waals surface area contributed by atoms with Crippen LogP contribution >= 0.6 is 0 Å². The van der Waals surface area contributed by atoms with E-state index in [0.717, 1.165) is 39.7 Å². The van der Waals surface area contributed by atoms with Gasteiger partial charge in [0.25, 0.3) is 0 Å². The van der Waals surface area contributed by atoms with Crippen molar-refractivity contribution in [2.24, 2.45) is 0 Å². The average molecular weight is 264 g/mol. The highest BCUT2D eigenvalue weighted by molar-refractivity contribution is 6.01. The van der Waals surface area contributed by atoms with Gasteiger partial charge in [0, 0.05) is 17.5 Å². The number of carbonyl (C=O) groups is 1. The van der Waals surface area contributed by atoms with Crippen LogP contribution in [0.5, 0.6) is 0 Å². The van der Waals surface area contributed by atoms with Crippen molar-refractivity contribution < 1.29 is 4.79 Å². The molecule has 1 aliphatic rings. The molecule has 0 radical (unpaired) electrons. The molecule has 4 nitrogen and oxygen atoms in total. The number of aromatic nitrogens is 2. The van der Waals surface area contributed by atoms with Gasteiger partial charge in [-0.25, -0.2) is 4.79 Å². The maximum atomic E-state index is 11.7. The summed E-state index contributed by atoms with van der Waals surface area (Å²) in [5.41, 5.74) is 5.34. The summed E-state index contributed by atoms with van der Waals surface area (Å²) < 4.78 is 0. The molecule has 98 valence electrons. The molecule has 0 saturated carbocycles. The third-order valence-electron chi connectivity index (χ3n) is 3.89. The van der Waals surface area contributed by atoms with Gasteiger partial charge in [-0.2, -0.15) is 0 Å². The highest BCUT2D eigenvalue weighted by Crippen LogP contribution is 2.30. The zero-order chi connectivity index (χ0) is 13.7. The van der Waals surface area contributed by atoms with E-state index in [1.165, 1.54) is 0 Å². The Morgan fingerprint density at radius 1 is 0.900 bits per heavy atom. The van der Waals surface area contributed by atoms with Crippen molar-refractivity contribution in [1.29, 1.82) is 0 Å². The lowest BCUT2D eigenvalue weighted by Gasteiger charge is -2.05. The normalized spacial score (nSPS) is 13.9. The van der Waals surface area contributed by atoms with Gasteiger partial charge < -0.3 is 9.97 Å². The Bertz CT molecular complexity index is 902. The smallest absolute Gasteiger partial charge is 0.306 e. The number of aromatic amines is 2. The predicted octanol–water partition coefficient (Wildman–Crippen LogP) is 2.65. The molecule has 2 aromatic carbocycles. The number of rotatable bonds is 1. The van der Waals surface area contributed by atoms with Crippen molar-refractivity contribution in [3.05, 3.63) is 58.0 Å². The van der Waals surface area contributed by atoms with Crippen LogP contribution in [-0.2, 0) is 6.42 Å². The second-order valence-electron chi connectivity index (χ2n) is 5.10. The molecule has 0 aliphatic heterocycles. The molecule has 20 heavy (non-hydrogen) atoms. The van der Waals surface area contributed by atoms with E-state index in [1.54, 1.807) is 0 Å². The fraction of sp³-hybridized carbons (Fsp3) is 0.125. The lowest BCUT2D eigenvalue weighted by atomic mass is 9.99. The monoisotopic (exact) mass is 264 g/mol. The predicted molar refractivity (Wildman–Crippen MR) is 77.0 cm³/mol. The molecule has 0 spiro atoms. The van der Waals surface area contributed by atoms with Crippen molar-refractivity contribution in [3.63, 3.8) is 0 Å². The van der Waals surface area contributed by atoms with Gasteiger partial charge in [0.1, 0.15) is 0 Å². The van der Waals surface area contributed by atoms with Crippen LogP contribution in [0.2, 0.25) is 0 Å². The molecule has 2 N–H and O–H groups in total. The number of imidazole rings is 1. The highest BCUT2D eigenvalue weighted by Gasteiger charge is 2.19. The van der Waals surface area contributed by atoms with Crippen LogP contribution in [0, 0.1) is 0 Å². The first-order chi connectivity index (χ1) is 9.72. The van der Waals surface area contributed by atoms with E-state index in [4.69, 9.17) is 0 Å². The van der Waals surface area contributed by atoms with E-state index in [0.29, 0.717) is 6.42 Å². The standard InChI is InChI=1S/C16H12N2O2/c19-14-7-5-9-8-10(4-6-11(9)14)12-2-1-3-13-15(12)18-16(20)17-13/h1-4,6,8H,5,7H2,(H2,17,18,20). The van der Waals surface area contributed by atoms with Crippen molar-refractivity contribution in [2.45, 2.75) is 12.8 Å². The van der Waals surface area contributed by atoms with Gasteiger partial charge in [-0.15, -0.1) is 0 Å². The van der Waals surface area contributed by atoms with E-state index in [1.807, 2.05) is 30.3 Å². The first-order valence-electron chi connectivity index (χ1n) is 6.60. The molecule has 3 aromatic rings. The Kier molecular flexibility index (Phi) is 2.21. The molecular weight excluding hydrogens is 252 g/mol. The number of ketones is 1. The lowest BCUT2D eigenvalue weighted by molar-refractivity contribution is 0.0994. The topological polar surface area (TPSA) is 65.7 Å². The van der Waals surface area contributed by atoms with E-state index >= 15 is 0 Å². The van der Waals surface area contributed by atoms with Crippen molar-refractivity contribution in [3.8, 4) is 11.1 Å². The number of hydrogen-bond donors (Lipinski definition) is 2. The number of fused-ring (bicyclic) bond motifs is 2. The Balaban J connectivity index is 1.96. The molecule has 0 atom stereocenters. The summed E-state index contributed by atoms with van der Waals surface area (Å²) in [6.07, 6.45) is 1.41. The minimum absolute atomic E-state index is 0.205. The molecular formula is C16H12N2O2. The summed E-state index contributed by atoms with van der Waals surface area (Å²) >= 11 is 0. The van der Waals surface area contributed by atoms with E-state index in [2.05, 4.69) is 16.0 Å². The average Bonchev–Trinajstić information content (AvgIpc) is 3.00. The fourth-order valence-corrected chi connectivity index (χ4v) is 2.92. The summed E-state index contributed by atoms with van der Waals surface area (Å²) in [4.78, 5) is 28.7. The molecule has 4 rings (SSSR count). The Morgan fingerprint density at radius 3 is 2.70 bits per heavy atom. The summed E-state index contributed by atoms with van der Waals surface area (Å²) in [6.45, 7) is 0. The number of carbonyl (C=O) groups excluding carboxylic acids is 1. The maximum Gasteiger partial charge on any atom is 0.323 e. The minimum atomic E-state index is -0.205. The van der Waals surface area contributed by atoms with Crippen LogP contribution in [-0.4, -0.2) is 15.8 Å². The Morgan fingerprint density at radius 2 is 1.80 bits per heavy atom. The van der Waals surface area contributed by atoms with Crippen LogP contribution in [0.15, 0.2) is 41.2 Å². The first-order valence-corrected chi connectivity index (χ1v) is 6.60. The van der Waals surface area contributed by atoms with Crippen LogP contribution in [0.1, 0.15) is 22.3 Å². The highest BCUT2D eigenvalue weighted by atomic mass is 16.1. The lowest BCUT2D eigenvalue weighted by Crippen LogP contribution is -1.99. The second kappa shape index (κ2) is 3.93. The summed E-state index contributed by atoms with van der Waals surface area (Å²) in [6, 6.07) is 11.7.